The van der Waals surface area contributed by atoms with Crippen molar-refractivity contribution in [1.82, 2.24) is 15.6 Å². The number of carbonyl (C=O) groups is 1. The Morgan fingerprint density at radius 2 is 2.04 bits per heavy atom. The van der Waals surface area contributed by atoms with E-state index in [4.69, 9.17) is 4.42 Å². The monoisotopic (exact) mass is 399 g/mol. The van der Waals surface area contributed by atoms with Gasteiger partial charge in [-0.15, -0.1) is 24.8 Å². The number of hydrogen-bond donors (Lipinski definition) is 2. The number of oxazole rings is 1. The van der Waals surface area contributed by atoms with Crippen LogP contribution in [0.2, 0.25) is 0 Å². The molecule has 3 rings (SSSR count). The maximum atomic E-state index is 12.2. The summed E-state index contributed by atoms with van der Waals surface area (Å²) in [7, 11) is 0. The summed E-state index contributed by atoms with van der Waals surface area (Å²) in [4.78, 5) is 16.6. The zero-order valence-corrected chi connectivity index (χ0v) is 16.8. The molecule has 0 aliphatic carbocycles. The molecule has 1 aromatic carbocycles. The Balaban J connectivity index is 0.00000169. The van der Waals surface area contributed by atoms with E-state index in [-0.39, 0.29) is 36.8 Å². The van der Waals surface area contributed by atoms with Crippen LogP contribution in [0.4, 0.5) is 0 Å². The van der Waals surface area contributed by atoms with Crippen LogP contribution in [0.15, 0.2) is 34.7 Å². The molecule has 1 amide bonds. The number of nitrogens with zero attached hydrogens (tertiary/aromatic N) is 1. The zero-order chi connectivity index (χ0) is 16.9. The van der Waals surface area contributed by atoms with Crippen LogP contribution in [0, 0.1) is 12.8 Å². The summed E-state index contributed by atoms with van der Waals surface area (Å²) in [5, 5.41) is 6.45. The first-order chi connectivity index (χ1) is 11.6. The normalized spacial score (nSPS) is 19.2. The van der Waals surface area contributed by atoms with E-state index in [1.807, 2.05) is 37.3 Å². The Morgan fingerprint density at radius 1 is 1.31 bits per heavy atom. The summed E-state index contributed by atoms with van der Waals surface area (Å²) in [6.07, 6.45) is 2.02. The lowest BCUT2D eigenvalue weighted by atomic mass is 9.95. The molecule has 2 N–H and O–H groups in total. The molecule has 0 radical (unpaired) electrons. The topological polar surface area (TPSA) is 67.2 Å². The van der Waals surface area contributed by atoms with E-state index in [1.165, 1.54) is 0 Å². The van der Waals surface area contributed by atoms with Gasteiger partial charge in [-0.2, -0.15) is 0 Å². The zero-order valence-electron chi connectivity index (χ0n) is 15.2. The Hall–Kier alpha value is -1.56. The van der Waals surface area contributed by atoms with Gasteiger partial charge in [-0.1, -0.05) is 37.3 Å². The van der Waals surface area contributed by atoms with Gasteiger partial charge in [0.25, 0.3) is 0 Å². The third-order valence-corrected chi connectivity index (χ3v) is 4.62. The van der Waals surface area contributed by atoms with Crippen LogP contribution >= 0.6 is 24.8 Å². The molecule has 2 unspecified atom stereocenters. The predicted octanol–water partition coefficient (Wildman–Crippen LogP) is 3.54. The predicted molar refractivity (Wildman–Crippen MR) is 108 cm³/mol. The fourth-order valence-electron chi connectivity index (χ4n) is 3.10. The summed E-state index contributed by atoms with van der Waals surface area (Å²) in [5.41, 5.74) is 1.88. The lowest BCUT2D eigenvalue weighted by Gasteiger charge is -2.30. The van der Waals surface area contributed by atoms with Crippen molar-refractivity contribution in [1.29, 1.82) is 0 Å². The quantitative estimate of drug-likeness (QED) is 0.806. The van der Waals surface area contributed by atoms with Crippen LogP contribution in [0.3, 0.4) is 0 Å². The van der Waals surface area contributed by atoms with Crippen molar-refractivity contribution in [2.75, 3.05) is 13.1 Å². The minimum absolute atomic E-state index is 0. The molecule has 2 heterocycles. The fourth-order valence-corrected chi connectivity index (χ4v) is 3.10. The van der Waals surface area contributed by atoms with E-state index >= 15 is 0 Å². The van der Waals surface area contributed by atoms with E-state index < -0.39 is 0 Å². The van der Waals surface area contributed by atoms with Gasteiger partial charge in [0.1, 0.15) is 0 Å². The van der Waals surface area contributed by atoms with Gasteiger partial charge in [-0.05, 0) is 25.8 Å². The van der Waals surface area contributed by atoms with Crippen molar-refractivity contribution in [2.24, 2.45) is 5.92 Å². The van der Waals surface area contributed by atoms with Crippen LogP contribution in [0.1, 0.15) is 31.4 Å². The summed E-state index contributed by atoms with van der Waals surface area (Å²) in [5.74, 6) is 1.99. The first kappa shape index (κ1) is 22.5. The number of aryl methyl sites for hydroxylation is 2. The third-order valence-electron chi connectivity index (χ3n) is 4.62. The summed E-state index contributed by atoms with van der Waals surface area (Å²) >= 11 is 0. The Morgan fingerprint density at radius 3 is 2.73 bits per heavy atom. The molecule has 144 valence electrons. The molecule has 0 bridgehead atoms. The van der Waals surface area contributed by atoms with E-state index in [2.05, 4.69) is 22.5 Å². The second-order valence-corrected chi connectivity index (χ2v) is 6.53. The smallest absolute Gasteiger partial charge is 0.220 e. The Kier molecular flexibility index (Phi) is 9.13. The molecule has 0 saturated carbocycles. The van der Waals surface area contributed by atoms with E-state index in [9.17, 15) is 4.79 Å². The highest BCUT2D eigenvalue weighted by Gasteiger charge is 2.22. The van der Waals surface area contributed by atoms with Crippen LogP contribution in [0.5, 0.6) is 0 Å². The van der Waals surface area contributed by atoms with Crippen LogP contribution in [0.25, 0.3) is 11.3 Å². The second-order valence-electron chi connectivity index (χ2n) is 6.53. The van der Waals surface area contributed by atoms with Crippen LogP contribution in [-0.4, -0.2) is 30.0 Å². The SMILES string of the molecule is Cc1nc(CCC(=O)NC2CNCCC2C)oc1-c1ccccc1.Cl.Cl. The Bertz CT molecular complexity index is 691. The molecule has 0 spiro atoms. The molecule has 2 aromatic rings. The summed E-state index contributed by atoms with van der Waals surface area (Å²) < 4.78 is 5.86. The number of piperidine rings is 1. The fraction of sp³-hybridized carbons (Fsp3) is 0.474. The standard InChI is InChI=1S/C19H25N3O2.2ClH/c1-13-10-11-20-12-16(13)22-17(23)8-9-18-21-14(2)19(24-18)15-6-4-3-5-7-15;;/h3-7,13,16,20H,8-12H2,1-2H3,(H,22,23);2*1H. The summed E-state index contributed by atoms with van der Waals surface area (Å²) in [6, 6.07) is 10.1. The van der Waals surface area contributed by atoms with Gasteiger partial charge in [0.2, 0.25) is 5.91 Å². The van der Waals surface area contributed by atoms with Gasteiger partial charge in [-0.25, -0.2) is 4.98 Å². The van der Waals surface area contributed by atoms with Crippen molar-refractivity contribution in [3.05, 3.63) is 41.9 Å². The lowest BCUT2D eigenvalue weighted by Crippen LogP contribution is -2.50. The number of benzene rings is 1. The molecule has 1 aliphatic heterocycles. The number of aromatic nitrogens is 1. The average Bonchev–Trinajstić information content (AvgIpc) is 2.97. The van der Waals surface area contributed by atoms with Gasteiger partial charge in [0, 0.05) is 31.0 Å². The van der Waals surface area contributed by atoms with Crippen LogP contribution in [-0.2, 0) is 11.2 Å². The highest BCUT2D eigenvalue weighted by molar-refractivity contribution is 5.85. The largest absolute Gasteiger partial charge is 0.440 e. The molecule has 1 saturated heterocycles. The number of nitrogens with one attached hydrogen (secondary N) is 2. The number of halogens is 2. The van der Waals surface area contributed by atoms with Crippen molar-refractivity contribution >= 4 is 30.7 Å². The molecule has 5 nitrogen and oxygen atoms in total. The van der Waals surface area contributed by atoms with Crippen molar-refractivity contribution < 1.29 is 9.21 Å². The van der Waals surface area contributed by atoms with Gasteiger partial charge >= 0.3 is 0 Å². The van der Waals surface area contributed by atoms with E-state index in [0.29, 0.717) is 24.7 Å². The third kappa shape index (κ3) is 5.73. The maximum Gasteiger partial charge on any atom is 0.220 e. The molecular formula is C19H27Cl2N3O2. The minimum Gasteiger partial charge on any atom is -0.440 e. The number of carbonyl (C=O) groups excluding carboxylic acids is 1. The highest BCUT2D eigenvalue weighted by Crippen LogP contribution is 2.24. The second kappa shape index (κ2) is 10.6. The average molecular weight is 400 g/mol. The molecular weight excluding hydrogens is 373 g/mol. The van der Waals surface area contributed by atoms with Crippen molar-refractivity contribution in [2.45, 2.75) is 39.2 Å². The molecule has 1 fully saturated rings. The van der Waals surface area contributed by atoms with Gasteiger partial charge in [-0.3, -0.25) is 4.79 Å². The van der Waals surface area contributed by atoms with E-state index in [1.54, 1.807) is 0 Å². The van der Waals surface area contributed by atoms with E-state index in [0.717, 1.165) is 36.5 Å². The number of rotatable bonds is 5. The van der Waals surface area contributed by atoms with Crippen molar-refractivity contribution in [3.8, 4) is 11.3 Å². The molecule has 7 heteroatoms. The molecule has 1 aromatic heterocycles. The minimum atomic E-state index is 0. The molecule has 1 aliphatic rings. The first-order valence-electron chi connectivity index (χ1n) is 8.65. The Labute approximate surface area is 167 Å². The number of hydrogen-bond acceptors (Lipinski definition) is 4. The highest BCUT2D eigenvalue weighted by atomic mass is 35.5. The van der Waals surface area contributed by atoms with Gasteiger partial charge < -0.3 is 15.1 Å². The van der Waals surface area contributed by atoms with Gasteiger partial charge in [0.15, 0.2) is 11.7 Å². The first-order valence-corrected chi connectivity index (χ1v) is 8.65. The summed E-state index contributed by atoms with van der Waals surface area (Å²) in [6.45, 7) is 6.01. The maximum absolute atomic E-state index is 12.2. The van der Waals surface area contributed by atoms with Gasteiger partial charge in [0.05, 0.1) is 5.69 Å². The molecule has 2 atom stereocenters. The molecule has 26 heavy (non-hydrogen) atoms. The number of amides is 1. The van der Waals surface area contributed by atoms with Crippen molar-refractivity contribution in [3.63, 3.8) is 0 Å². The van der Waals surface area contributed by atoms with Crippen LogP contribution < -0.4 is 10.6 Å². The lowest BCUT2D eigenvalue weighted by molar-refractivity contribution is -0.122.